The van der Waals surface area contributed by atoms with Crippen molar-refractivity contribution in [2.75, 3.05) is 13.1 Å². The molecule has 5 N–H and O–H groups in total. The molecule has 1 fully saturated rings. The van der Waals surface area contributed by atoms with Crippen molar-refractivity contribution in [3.63, 3.8) is 0 Å². The molecule has 2 rings (SSSR count). The van der Waals surface area contributed by atoms with Gasteiger partial charge in [-0.05, 0) is 43.5 Å². The third-order valence-electron chi connectivity index (χ3n) is 4.89. The van der Waals surface area contributed by atoms with E-state index in [1.165, 1.54) is 0 Å². The van der Waals surface area contributed by atoms with Gasteiger partial charge in [0.2, 0.25) is 15.9 Å². The van der Waals surface area contributed by atoms with Crippen LogP contribution in [0.2, 0.25) is 0 Å². The van der Waals surface area contributed by atoms with Crippen molar-refractivity contribution < 1.29 is 47.7 Å². The van der Waals surface area contributed by atoms with Crippen LogP contribution in [0.25, 0.3) is 0 Å². The van der Waals surface area contributed by atoms with Gasteiger partial charge in [-0.3, -0.25) is 19.2 Å². The van der Waals surface area contributed by atoms with Crippen LogP contribution in [0.3, 0.4) is 0 Å². The number of carboxylic acids is 3. The summed E-state index contributed by atoms with van der Waals surface area (Å²) in [6.07, 6.45) is -0.176. The molecule has 1 heterocycles. The van der Waals surface area contributed by atoms with Crippen molar-refractivity contribution in [2.45, 2.75) is 42.7 Å². The van der Waals surface area contributed by atoms with E-state index in [-0.39, 0.29) is 29.8 Å². The van der Waals surface area contributed by atoms with Crippen LogP contribution in [0, 0.1) is 0 Å². The van der Waals surface area contributed by atoms with Crippen LogP contribution in [0.5, 0.6) is 0 Å². The first-order valence-electron chi connectivity index (χ1n) is 9.80. The lowest BCUT2D eigenvalue weighted by molar-refractivity contribution is -0.140. The minimum atomic E-state index is -4.13. The van der Waals surface area contributed by atoms with Gasteiger partial charge < -0.3 is 26.0 Å². The van der Waals surface area contributed by atoms with Gasteiger partial charge in [0, 0.05) is 18.5 Å². The number of benzene rings is 1. The minimum Gasteiger partial charge on any atom is -0.481 e. The van der Waals surface area contributed by atoms with Gasteiger partial charge in [-0.2, -0.15) is 4.31 Å². The van der Waals surface area contributed by atoms with E-state index >= 15 is 0 Å². The second kappa shape index (κ2) is 10.9. The third kappa shape index (κ3) is 6.73. The summed E-state index contributed by atoms with van der Waals surface area (Å²) in [5.41, 5.74) is -0.0484. The van der Waals surface area contributed by atoms with Crippen LogP contribution >= 0.6 is 0 Å². The lowest BCUT2D eigenvalue weighted by Gasteiger charge is -2.23. The maximum absolute atomic E-state index is 13.0. The summed E-state index contributed by atoms with van der Waals surface area (Å²) >= 11 is 0. The molecule has 1 aliphatic heterocycles. The SMILES string of the molecule is O=C(O)CC[C@H](NC(=O)c1ccc(S(=O)(=O)N2CCC[C@@H]2C(=O)NCC(=O)O)cc1)C(=O)O. The van der Waals surface area contributed by atoms with E-state index in [0.717, 1.165) is 28.6 Å². The van der Waals surface area contributed by atoms with Crippen LogP contribution in [-0.2, 0) is 29.2 Å². The van der Waals surface area contributed by atoms with Crippen LogP contribution in [0.1, 0.15) is 36.0 Å². The molecule has 2 atom stereocenters. The van der Waals surface area contributed by atoms with Crippen molar-refractivity contribution in [1.82, 2.24) is 14.9 Å². The molecule has 180 valence electrons. The molecule has 1 saturated heterocycles. The molecule has 0 bridgehead atoms. The average molecular weight is 485 g/mol. The van der Waals surface area contributed by atoms with E-state index in [9.17, 15) is 32.4 Å². The highest BCUT2D eigenvalue weighted by Gasteiger charge is 2.39. The number of amides is 2. The summed E-state index contributed by atoms with van der Waals surface area (Å²) in [6.45, 7) is -0.587. The molecule has 0 aromatic heterocycles. The van der Waals surface area contributed by atoms with Crippen LogP contribution in [0.15, 0.2) is 29.2 Å². The minimum absolute atomic E-state index is 0.0484. The number of hydrogen-bond donors (Lipinski definition) is 5. The molecular weight excluding hydrogens is 462 g/mol. The zero-order valence-electron chi connectivity index (χ0n) is 17.3. The molecule has 0 unspecified atom stereocenters. The Morgan fingerprint density at radius 2 is 1.67 bits per heavy atom. The first-order valence-corrected chi connectivity index (χ1v) is 11.2. The Morgan fingerprint density at radius 3 is 2.21 bits per heavy atom. The first kappa shape index (κ1) is 25.7. The van der Waals surface area contributed by atoms with Gasteiger partial charge in [-0.15, -0.1) is 0 Å². The van der Waals surface area contributed by atoms with E-state index in [2.05, 4.69) is 10.6 Å². The summed E-state index contributed by atoms with van der Waals surface area (Å²) < 4.78 is 26.9. The number of carbonyl (C=O) groups is 5. The molecule has 0 saturated carbocycles. The van der Waals surface area contributed by atoms with Crippen LogP contribution in [-0.4, -0.2) is 82.9 Å². The Morgan fingerprint density at radius 1 is 1.03 bits per heavy atom. The zero-order valence-corrected chi connectivity index (χ0v) is 18.1. The van der Waals surface area contributed by atoms with E-state index in [1.807, 2.05) is 0 Å². The molecule has 13 nitrogen and oxygen atoms in total. The Labute approximate surface area is 188 Å². The molecule has 14 heteroatoms. The molecule has 1 aliphatic rings. The Kier molecular flexibility index (Phi) is 8.48. The fourth-order valence-corrected chi connectivity index (χ4v) is 4.91. The highest BCUT2D eigenvalue weighted by Crippen LogP contribution is 2.26. The number of sulfonamides is 1. The lowest BCUT2D eigenvalue weighted by Crippen LogP contribution is -2.47. The summed E-state index contributed by atoms with van der Waals surface area (Å²) in [6, 6.07) is 2.07. The second-order valence-electron chi connectivity index (χ2n) is 7.21. The van der Waals surface area contributed by atoms with E-state index in [1.54, 1.807) is 0 Å². The quantitative estimate of drug-likeness (QED) is 0.260. The Balaban J connectivity index is 2.13. The number of carbonyl (C=O) groups excluding carboxylic acids is 2. The van der Waals surface area contributed by atoms with Gasteiger partial charge in [0.05, 0.1) is 4.90 Å². The number of rotatable bonds is 11. The second-order valence-corrected chi connectivity index (χ2v) is 9.10. The van der Waals surface area contributed by atoms with Crippen molar-refractivity contribution >= 4 is 39.7 Å². The van der Waals surface area contributed by atoms with Gasteiger partial charge in [-0.25, -0.2) is 13.2 Å². The smallest absolute Gasteiger partial charge is 0.326 e. The van der Waals surface area contributed by atoms with Gasteiger partial charge in [0.1, 0.15) is 18.6 Å². The van der Waals surface area contributed by atoms with Crippen molar-refractivity contribution in [2.24, 2.45) is 0 Å². The Bertz CT molecular complexity index is 1040. The number of aliphatic carboxylic acids is 3. The Hall–Kier alpha value is -3.52. The highest BCUT2D eigenvalue weighted by atomic mass is 32.2. The molecule has 0 radical (unpaired) electrons. The monoisotopic (exact) mass is 485 g/mol. The zero-order chi connectivity index (χ0) is 24.8. The van der Waals surface area contributed by atoms with Crippen molar-refractivity contribution in [3.05, 3.63) is 29.8 Å². The average Bonchev–Trinajstić information content (AvgIpc) is 3.25. The topological polar surface area (TPSA) is 207 Å². The summed E-state index contributed by atoms with van der Waals surface area (Å²) in [5, 5.41) is 30.8. The normalized spacial score (nSPS) is 17.2. The maximum atomic E-state index is 13.0. The van der Waals surface area contributed by atoms with E-state index in [0.29, 0.717) is 6.42 Å². The van der Waals surface area contributed by atoms with Crippen molar-refractivity contribution in [3.8, 4) is 0 Å². The van der Waals surface area contributed by atoms with Crippen molar-refractivity contribution in [1.29, 1.82) is 0 Å². The van der Waals surface area contributed by atoms with Crippen LogP contribution in [0.4, 0.5) is 0 Å². The fraction of sp³-hybridized carbons (Fsp3) is 0.421. The largest absolute Gasteiger partial charge is 0.481 e. The summed E-state index contributed by atoms with van der Waals surface area (Å²) in [5.74, 6) is -5.45. The number of hydrogen-bond acceptors (Lipinski definition) is 7. The van der Waals surface area contributed by atoms with Gasteiger partial charge >= 0.3 is 17.9 Å². The molecule has 2 amide bonds. The number of nitrogens with one attached hydrogen (secondary N) is 2. The van der Waals surface area contributed by atoms with Crippen LogP contribution < -0.4 is 10.6 Å². The first-order chi connectivity index (χ1) is 15.4. The molecule has 0 aliphatic carbocycles. The molecule has 0 spiro atoms. The molecule has 1 aromatic rings. The van der Waals surface area contributed by atoms with Gasteiger partial charge in [0.25, 0.3) is 5.91 Å². The number of carboxylic acid groups (broad SMARTS) is 3. The summed E-state index contributed by atoms with van der Waals surface area (Å²) in [4.78, 5) is 56.8. The van der Waals surface area contributed by atoms with E-state index < -0.39 is 64.8 Å². The maximum Gasteiger partial charge on any atom is 0.326 e. The predicted molar refractivity (Wildman–Crippen MR) is 110 cm³/mol. The molecule has 1 aromatic carbocycles. The van der Waals surface area contributed by atoms with Gasteiger partial charge in [0.15, 0.2) is 0 Å². The molecule has 33 heavy (non-hydrogen) atoms. The fourth-order valence-electron chi connectivity index (χ4n) is 3.25. The standard InChI is InChI=1S/C19H23N3O10S/c23-15(24)8-7-13(19(29)30)21-17(27)11-3-5-12(6-4-11)33(31,32)22-9-1-2-14(22)18(28)20-10-16(25)26/h3-6,13-14H,1-2,7-10H2,(H,20,28)(H,21,27)(H,23,24)(H,25,26)(H,29,30)/t13-,14+/m0/s1. The number of nitrogens with zero attached hydrogens (tertiary/aromatic N) is 1. The highest BCUT2D eigenvalue weighted by molar-refractivity contribution is 7.89. The lowest BCUT2D eigenvalue weighted by atomic mass is 10.1. The predicted octanol–water partition coefficient (Wildman–Crippen LogP) is -0.912. The summed E-state index contributed by atoms with van der Waals surface area (Å²) in [7, 11) is -4.13. The van der Waals surface area contributed by atoms with E-state index in [4.69, 9.17) is 15.3 Å². The molecular formula is C19H23N3O10S. The van der Waals surface area contributed by atoms with Gasteiger partial charge in [-0.1, -0.05) is 0 Å². The third-order valence-corrected chi connectivity index (χ3v) is 6.82.